The summed E-state index contributed by atoms with van der Waals surface area (Å²) >= 11 is 5.65. The van der Waals surface area contributed by atoms with Crippen molar-refractivity contribution in [2.45, 2.75) is 24.4 Å². The van der Waals surface area contributed by atoms with E-state index in [0.717, 1.165) is 11.1 Å². The molecule has 0 saturated carbocycles. The summed E-state index contributed by atoms with van der Waals surface area (Å²) in [6, 6.07) is -0.352. The van der Waals surface area contributed by atoms with Crippen molar-refractivity contribution in [3.63, 3.8) is 0 Å². The van der Waals surface area contributed by atoms with Crippen molar-refractivity contribution >= 4 is 17.3 Å². The predicted octanol–water partition coefficient (Wildman–Crippen LogP) is 6.42. The van der Waals surface area contributed by atoms with Gasteiger partial charge in [0, 0.05) is 18.3 Å². The van der Waals surface area contributed by atoms with E-state index in [1.54, 1.807) is 0 Å². The van der Waals surface area contributed by atoms with Gasteiger partial charge in [0.25, 0.3) is 0 Å². The fourth-order valence-corrected chi connectivity index (χ4v) is 2.69. The number of halogens is 11. The smallest absolute Gasteiger partial charge is 0.403 e. The Kier molecular flexibility index (Phi) is 5.58. The van der Waals surface area contributed by atoms with Gasteiger partial charge in [-0.3, -0.25) is 0 Å². The molecule has 0 atom stereocenters. The first-order chi connectivity index (χ1) is 12.6. The first kappa shape index (κ1) is 22.2. The molecule has 1 aliphatic heterocycles. The summed E-state index contributed by atoms with van der Waals surface area (Å²) in [7, 11) is 0. The number of hydrogen-bond donors (Lipinski definition) is 0. The van der Waals surface area contributed by atoms with Gasteiger partial charge < -0.3 is 9.64 Å². The molecule has 2 nitrogen and oxygen atoms in total. The number of allylic oxidation sites excluding steroid dienone is 2. The van der Waals surface area contributed by atoms with Crippen LogP contribution in [0, 0.1) is 0 Å². The van der Waals surface area contributed by atoms with E-state index in [9.17, 15) is 43.9 Å². The van der Waals surface area contributed by atoms with Gasteiger partial charge in [-0.25, -0.2) is 4.39 Å². The Bertz CT molecular complexity index is 780. The zero-order valence-electron chi connectivity index (χ0n) is 13.2. The number of rotatable bonds is 3. The molecule has 0 saturated heterocycles. The third-order valence-electron chi connectivity index (χ3n) is 3.54. The third-order valence-corrected chi connectivity index (χ3v) is 3.82. The van der Waals surface area contributed by atoms with E-state index in [0.29, 0.717) is 0 Å². The topological polar surface area (TPSA) is 12.5 Å². The Morgan fingerprint density at radius 3 is 1.86 bits per heavy atom. The minimum Gasteiger partial charge on any atom is -0.403 e. The molecule has 156 valence electrons. The zero-order chi connectivity index (χ0) is 21.5. The normalized spacial score (nSPS) is 15.9. The van der Waals surface area contributed by atoms with Gasteiger partial charge in [-0.2, -0.15) is 26.3 Å². The lowest BCUT2D eigenvalue weighted by Gasteiger charge is -2.32. The van der Waals surface area contributed by atoms with E-state index < -0.39 is 46.4 Å². The van der Waals surface area contributed by atoms with E-state index in [1.807, 2.05) is 0 Å². The number of ether oxygens (including phenoxy) is 1. The number of hydrogen-bond acceptors (Lipinski definition) is 2. The standard InChI is InChI=1S/C15H8ClF10NO/c16-9-6-8(12(17,13(18,19)20)14(21,22)23)7-10(28-15(24,25)26)11(9)27-4-2-1-3-5-27/h1-4,6-7H,5H2. The number of nitrogens with zero attached hydrogens (tertiary/aromatic N) is 1. The summed E-state index contributed by atoms with van der Waals surface area (Å²) in [5, 5.41) is -1.01. The molecule has 13 heteroatoms. The molecule has 0 N–H and O–H groups in total. The van der Waals surface area contributed by atoms with Crippen molar-refractivity contribution in [3.8, 4) is 5.75 Å². The molecule has 28 heavy (non-hydrogen) atoms. The maximum Gasteiger partial charge on any atom is 0.573 e. The molecule has 0 unspecified atom stereocenters. The molecule has 1 aromatic carbocycles. The molecular weight excluding hydrogens is 436 g/mol. The maximum atomic E-state index is 14.2. The van der Waals surface area contributed by atoms with Crippen molar-refractivity contribution in [1.29, 1.82) is 0 Å². The van der Waals surface area contributed by atoms with Crippen LogP contribution in [0.25, 0.3) is 0 Å². The minimum atomic E-state index is -6.53. The Hall–Kier alpha value is -2.11. The van der Waals surface area contributed by atoms with Gasteiger partial charge in [-0.1, -0.05) is 23.8 Å². The first-order valence-corrected chi connectivity index (χ1v) is 7.48. The summed E-state index contributed by atoms with van der Waals surface area (Å²) in [6.07, 6.45) is -13.2. The zero-order valence-corrected chi connectivity index (χ0v) is 13.9. The van der Waals surface area contributed by atoms with Crippen LogP contribution in [-0.4, -0.2) is 25.3 Å². The van der Waals surface area contributed by atoms with Crippen molar-refractivity contribution in [3.05, 3.63) is 47.1 Å². The van der Waals surface area contributed by atoms with E-state index in [2.05, 4.69) is 4.74 Å². The van der Waals surface area contributed by atoms with Crippen LogP contribution in [-0.2, 0) is 5.67 Å². The average molecular weight is 444 g/mol. The summed E-state index contributed by atoms with van der Waals surface area (Å²) in [5.74, 6) is -1.52. The molecule has 0 fully saturated rings. The van der Waals surface area contributed by atoms with Crippen molar-refractivity contribution in [1.82, 2.24) is 0 Å². The van der Waals surface area contributed by atoms with Gasteiger partial charge in [-0.15, -0.1) is 13.2 Å². The molecular formula is C15H8ClF10NO. The molecule has 1 heterocycles. The van der Waals surface area contributed by atoms with E-state index in [4.69, 9.17) is 11.6 Å². The highest BCUT2D eigenvalue weighted by Gasteiger charge is 2.73. The molecule has 1 aromatic rings. The summed E-state index contributed by atoms with van der Waals surface area (Å²) in [6.45, 7) is -0.122. The fourth-order valence-electron chi connectivity index (χ4n) is 2.38. The number of anilines is 1. The molecule has 0 spiro atoms. The second-order valence-electron chi connectivity index (χ2n) is 5.43. The largest absolute Gasteiger partial charge is 0.573 e. The van der Waals surface area contributed by atoms with E-state index >= 15 is 0 Å². The lowest BCUT2D eigenvalue weighted by molar-refractivity contribution is -0.348. The van der Waals surface area contributed by atoms with E-state index in [-0.39, 0.29) is 18.7 Å². The highest BCUT2D eigenvalue weighted by Crippen LogP contribution is 2.55. The SMILES string of the molecule is FC(F)(F)Oc1cc(C(F)(C(F)(F)F)C(F)(F)F)cc(Cl)c1N1C=CC=CC1. The first-order valence-electron chi connectivity index (χ1n) is 7.10. The van der Waals surface area contributed by atoms with Crippen LogP contribution in [0.5, 0.6) is 5.75 Å². The van der Waals surface area contributed by atoms with Crippen molar-refractivity contribution in [2.24, 2.45) is 0 Å². The van der Waals surface area contributed by atoms with Crippen LogP contribution in [0.1, 0.15) is 5.56 Å². The monoisotopic (exact) mass is 443 g/mol. The Morgan fingerprint density at radius 2 is 1.43 bits per heavy atom. The van der Waals surface area contributed by atoms with Gasteiger partial charge in [0.15, 0.2) is 5.75 Å². The molecule has 0 bridgehead atoms. The second-order valence-corrected chi connectivity index (χ2v) is 5.84. The van der Waals surface area contributed by atoms with Gasteiger partial charge in [0.1, 0.15) is 5.69 Å². The van der Waals surface area contributed by atoms with E-state index in [1.165, 1.54) is 18.2 Å². The molecule has 1 aliphatic rings. The van der Waals surface area contributed by atoms with Gasteiger partial charge in [-0.05, 0) is 18.2 Å². The predicted molar refractivity (Wildman–Crippen MR) is 78.7 cm³/mol. The highest BCUT2D eigenvalue weighted by atomic mass is 35.5. The van der Waals surface area contributed by atoms with Crippen LogP contribution in [0.15, 0.2) is 36.6 Å². The Morgan fingerprint density at radius 1 is 0.857 bits per heavy atom. The molecule has 0 aromatic heterocycles. The quantitative estimate of drug-likeness (QED) is 0.500. The molecule has 0 aliphatic carbocycles. The van der Waals surface area contributed by atoms with Gasteiger partial charge >= 0.3 is 24.4 Å². The maximum absolute atomic E-state index is 14.2. The van der Waals surface area contributed by atoms with Gasteiger partial charge in [0.2, 0.25) is 0 Å². The fraction of sp³-hybridized carbons (Fsp3) is 0.333. The molecule has 0 amide bonds. The van der Waals surface area contributed by atoms with Gasteiger partial charge in [0.05, 0.1) is 5.02 Å². The summed E-state index contributed by atoms with van der Waals surface area (Å²) in [5.41, 5.74) is -8.85. The van der Waals surface area contributed by atoms with Crippen LogP contribution in [0.2, 0.25) is 5.02 Å². The van der Waals surface area contributed by atoms with Crippen LogP contribution in [0.4, 0.5) is 49.6 Å². The van der Waals surface area contributed by atoms with Crippen molar-refractivity contribution in [2.75, 3.05) is 11.4 Å². The number of benzene rings is 1. The third kappa shape index (κ3) is 4.15. The second kappa shape index (κ2) is 7.05. The Balaban J connectivity index is 2.75. The van der Waals surface area contributed by atoms with Crippen LogP contribution < -0.4 is 9.64 Å². The minimum absolute atomic E-state index is 0.0345. The molecule has 0 radical (unpaired) electrons. The average Bonchev–Trinajstić information content (AvgIpc) is 2.50. The summed E-state index contributed by atoms with van der Waals surface area (Å²) < 4.78 is 133. The molecule has 2 rings (SSSR count). The lowest BCUT2D eigenvalue weighted by atomic mass is 9.93. The lowest BCUT2D eigenvalue weighted by Crippen LogP contribution is -2.50. The Labute approximate surface area is 155 Å². The highest BCUT2D eigenvalue weighted by molar-refractivity contribution is 6.33. The van der Waals surface area contributed by atoms with Crippen molar-refractivity contribution < 1.29 is 48.6 Å². The number of alkyl halides is 10. The van der Waals surface area contributed by atoms with Crippen LogP contribution >= 0.6 is 11.6 Å². The summed E-state index contributed by atoms with van der Waals surface area (Å²) in [4.78, 5) is 0.967. The van der Waals surface area contributed by atoms with Crippen LogP contribution in [0.3, 0.4) is 0 Å².